The standard InChI is InChI=1S/C14H27NS/c1-12(2,3)16-14(11-15)9-13(10-14)7-5-4-6-8-13/h4-11,15H2,1-3H3. The predicted octanol–water partition coefficient (Wildman–Crippen LogP) is 3.96. The van der Waals surface area contributed by atoms with E-state index in [1.54, 1.807) is 0 Å². The SMILES string of the molecule is CC(C)(C)SC1(CN)CC2(CCCCC2)C1. The van der Waals surface area contributed by atoms with Gasteiger partial charge < -0.3 is 5.73 Å². The summed E-state index contributed by atoms with van der Waals surface area (Å²) in [6.07, 6.45) is 10.1. The summed E-state index contributed by atoms with van der Waals surface area (Å²) in [5.74, 6) is 0. The van der Waals surface area contributed by atoms with E-state index in [4.69, 9.17) is 5.73 Å². The van der Waals surface area contributed by atoms with Gasteiger partial charge in [-0.3, -0.25) is 0 Å². The zero-order chi connectivity index (χ0) is 11.9. The van der Waals surface area contributed by atoms with E-state index in [-0.39, 0.29) is 0 Å². The molecule has 2 heteroatoms. The molecule has 0 bridgehead atoms. The van der Waals surface area contributed by atoms with Crippen molar-refractivity contribution in [2.75, 3.05) is 6.54 Å². The van der Waals surface area contributed by atoms with Gasteiger partial charge in [0.25, 0.3) is 0 Å². The van der Waals surface area contributed by atoms with Crippen LogP contribution in [0.2, 0.25) is 0 Å². The highest BCUT2D eigenvalue weighted by Crippen LogP contribution is 2.63. The molecule has 16 heavy (non-hydrogen) atoms. The first-order valence-corrected chi connectivity index (χ1v) is 7.61. The second-order valence-electron chi connectivity index (χ2n) is 7.02. The summed E-state index contributed by atoms with van der Waals surface area (Å²) in [5, 5.41) is 0. The van der Waals surface area contributed by atoms with E-state index < -0.39 is 0 Å². The number of hydrogen-bond donors (Lipinski definition) is 1. The summed E-state index contributed by atoms with van der Waals surface area (Å²) in [6, 6.07) is 0. The Morgan fingerprint density at radius 2 is 1.62 bits per heavy atom. The molecule has 0 heterocycles. The van der Waals surface area contributed by atoms with Gasteiger partial charge in [0.05, 0.1) is 0 Å². The van der Waals surface area contributed by atoms with Crippen molar-refractivity contribution in [3.05, 3.63) is 0 Å². The molecule has 2 rings (SSSR count). The minimum absolute atomic E-state index is 0.357. The summed E-state index contributed by atoms with van der Waals surface area (Å²) in [7, 11) is 0. The second-order valence-corrected chi connectivity index (χ2v) is 9.31. The van der Waals surface area contributed by atoms with Gasteiger partial charge >= 0.3 is 0 Å². The van der Waals surface area contributed by atoms with Crippen molar-refractivity contribution in [2.24, 2.45) is 11.1 Å². The number of nitrogens with two attached hydrogens (primary N) is 1. The molecule has 2 fully saturated rings. The van der Waals surface area contributed by atoms with Gasteiger partial charge in [-0.25, -0.2) is 0 Å². The van der Waals surface area contributed by atoms with Gasteiger partial charge in [-0.05, 0) is 31.1 Å². The fraction of sp³-hybridized carbons (Fsp3) is 1.00. The molecular formula is C14H27NS. The number of thioether (sulfide) groups is 1. The highest BCUT2D eigenvalue weighted by atomic mass is 32.2. The lowest BCUT2D eigenvalue weighted by molar-refractivity contribution is 0.0396. The quantitative estimate of drug-likeness (QED) is 0.792. The van der Waals surface area contributed by atoms with Crippen LogP contribution in [-0.4, -0.2) is 16.0 Å². The minimum atomic E-state index is 0.357. The van der Waals surface area contributed by atoms with Crippen LogP contribution in [0, 0.1) is 5.41 Å². The first-order valence-electron chi connectivity index (χ1n) is 6.79. The fourth-order valence-corrected chi connectivity index (χ4v) is 6.02. The van der Waals surface area contributed by atoms with E-state index in [2.05, 4.69) is 32.5 Å². The first-order chi connectivity index (χ1) is 7.39. The Morgan fingerprint density at radius 3 is 2.06 bits per heavy atom. The summed E-state index contributed by atoms with van der Waals surface area (Å²) < 4.78 is 0.769. The fourth-order valence-electron chi connectivity index (χ4n) is 3.88. The van der Waals surface area contributed by atoms with Gasteiger partial charge in [0.2, 0.25) is 0 Å². The third-order valence-electron chi connectivity index (χ3n) is 4.20. The zero-order valence-electron chi connectivity index (χ0n) is 11.1. The van der Waals surface area contributed by atoms with E-state index in [0.29, 0.717) is 14.9 Å². The predicted molar refractivity (Wildman–Crippen MR) is 73.9 cm³/mol. The van der Waals surface area contributed by atoms with Crippen molar-refractivity contribution < 1.29 is 0 Å². The lowest BCUT2D eigenvalue weighted by Crippen LogP contribution is -2.56. The van der Waals surface area contributed by atoms with Gasteiger partial charge in [0.1, 0.15) is 0 Å². The Balaban J connectivity index is 1.96. The van der Waals surface area contributed by atoms with Crippen LogP contribution in [0.25, 0.3) is 0 Å². The third kappa shape index (κ3) is 2.59. The summed E-state index contributed by atoms with van der Waals surface area (Å²) in [5.41, 5.74) is 6.75. The van der Waals surface area contributed by atoms with E-state index in [1.807, 2.05) is 0 Å². The highest BCUT2D eigenvalue weighted by molar-refractivity contribution is 8.02. The highest BCUT2D eigenvalue weighted by Gasteiger charge is 2.54. The van der Waals surface area contributed by atoms with E-state index >= 15 is 0 Å². The Kier molecular flexibility index (Phi) is 3.35. The smallest absolute Gasteiger partial charge is 0.0298 e. The second kappa shape index (κ2) is 4.20. The van der Waals surface area contributed by atoms with Crippen molar-refractivity contribution >= 4 is 11.8 Å². The molecule has 0 aromatic rings. The van der Waals surface area contributed by atoms with Crippen LogP contribution in [0.4, 0.5) is 0 Å². The molecule has 0 amide bonds. The van der Waals surface area contributed by atoms with Crippen LogP contribution in [0.15, 0.2) is 0 Å². The van der Waals surface area contributed by atoms with Gasteiger partial charge in [-0.1, -0.05) is 40.0 Å². The minimum Gasteiger partial charge on any atom is -0.329 e. The summed E-state index contributed by atoms with van der Waals surface area (Å²) in [6.45, 7) is 7.83. The van der Waals surface area contributed by atoms with Gasteiger partial charge in [-0.2, -0.15) is 0 Å². The lowest BCUT2D eigenvalue weighted by Gasteiger charge is -2.59. The Labute approximate surface area is 105 Å². The van der Waals surface area contributed by atoms with E-state index in [0.717, 1.165) is 6.54 Å². The van der Waals surface area contributed by atoms with Crippen molar-refractivity contribution in [1.29, 1.82) is 0 Å². The molecule has 2 aliphatic carbocycles. The molecule has 2 aliphatic rings. The summed E-state index contributed by atoms with van der Waals surface area (Å²) >= 11 is 2.13. The molecule has 0 radical (unpaired) electrons. The van der Waals surface area contributed by atoms with Gasteiger partial charge in [0, 0.05) is 16.0 Å². The Morgan fingerprint density at radius 1 is 1.06 bits per heavy atom. The molecule has 0 aromatic heterocycles. The maximum absolute atomic E-state index is 6.05. The third-order valence-corrected chi connectivity index (χ3v) is 5.70. The summed E-state index contributed by atoms with van der Waals surface area (Å²) in [4.78, 5) is 0. The van der Waals surface area contributed by atoms with Crippen LogP contribution in [-0.2, 0) is 0 Å². The molecule has 0 atom stereocenters. The molecule has 2 N–H and O–H groups in total. The molecule has 0 aliphatic heterocycles. The average Bonchev–Trinajstić information content (AvgIpc) is 2.14. The normalized spacial score (nSPS) is 27.8. The van der Waals surface area contributed by atoms with Crippen molar-refractivity contribution in [1.82, 2.24) is 0 Å². The van der Waals surface area contributed by atoms with Crippen molar-refractivity contribution in [3.8, 4) is 0 Å². The first kappa shape index (κ1) is 12.8. The van der Waals surface area contributed by atoms with Crippen LogP contribution >= 0.6 is 11.8 Å². The van der Waals surface area contributed by atoms with Crippen LogP contribution in [0.5, 0.6) is 0 Å². The van der Waals surface area contributed by atoms with Crippen LogP contribution < -0.4 is 5.73 Å². The van der Waals surface area contributed by atoms with Crippen LogP contribution in [0.1, 0.15) is 65.7 Å². The molecule has 1 nitrogen and oxygen atoms in total. The molecule has 94 valence electrons. The van der Waals surface area contributed by atoms with Gasteiger partial charge in [0.15, 0.2) is 0 Å². The number of rotatable bonds is 2. The largest absolute Gasteiger partial charge is 0.329 e. The lowest BCUT2D eigenvalue weighted by atomic mass is 9.55. The molecule has 0 aromatic carbocycles. The Hall–Kier alpha value is 0.310. The molecule has 0 saturated heterocycles. The van der Waals surface area contributed by atoms with E-state index in [1.165, 1.54) is 44.9 Å². The van der Waals surface area contributed by atoms with Crippen molar-refractivity contribution in [3.63, 3.8) is 0 Å². The molecular weight excluding hydrogens is 214 g/mol. The zero-order valence-corrected chi connectivity index (χ0v) is 12.0. The average molecular weight is 241 g/mol. The van der Waals surface area contributed by atoms with Gasteiger partial charge in [-0.15, -0.1) is 11.8 Å². The van der Waals surface area contributed by atoms with Crippen LogP contribution in [0.3, 0.4) is 0 Å². The molecule has 2 saturated carbocycles. The maximum atomic E-state index is 6.05. The van der Waals surface area contributed by atoms with Crippen molar-refractivity contribution in [2.45, 2.75) is 75.2 Å². The molecule has 1 spiro atoms. The number of hydrogen-bond acceptors (Lipinski definition) is 2. The Bertz CT molecular complexity index is 240. The molecule has 0 unspecified atom stereocenters. The topological polar surface area (TPSA) is 26.0 Å². The van der Waals surface area contributed by atoms with E-state index in [9.17, 15) is 0 Å². The maximum Gasteiger partial charge on any atom is 0.0298 e. The monoisotopic (exact) mass is 241 g/mol.